The second kappa shape index (κ2) is 3.59. The second-order valence-electron chi connectivity index (χ2n) is 2.44. The molecule has 3 nitrogen and oxygen atoms in total. The van der Waals surface area contributed by atoms with Crippen molar-refractivity contribution in [2.24, 2.45) is 0 Å². The molecule has 0 fully saturated rings. The Labute approximate surface area is 92.1 Å². The van der Waals surface area contributed by atoms with Gasteiger partial charge in [0.25, 0.3) is 0 Å². The predicted octanol–water partition coefficient (Wildman–Crippen LogP) is 2.79. The Kier molecular flexibility index (Phi) is 2.46. The molecule has 0 spiro atoms. The van der Waals surface area contributed by atoms with E-state index in [9.17, 15) is 0 Å². The third-order valence-corrected chi connectivity index (χ3v) is 2.40. The highest BCUT2D eigenvalue weighted by Gasteiger charge is 1.99. The smallest absolute Gasteiger partial charge is 0.154 e. The van der Waals surface area contributed by atoms with Crippen LogP contribution in [-0.4, -0.2) is 14.8 Å². The van der Waals surface area contributed by atoms with Gasteiger partial charge in [-0.15, -0.1) is 0 Å². The molecule has 2 aromatic rings. The highest BCUT2D eigenvalue weighted by atomic mass is 79.9. The monoisotopic (exact) mass is 301 g/mol. The van der Waals surface area contributed by atoms with Crippen LogP contribution < -0.4 is 0 Å². The van der Waals surface area contributed by atoms with Crippen molar-refractivity contribution in [3.8, 4) is 5.82 Å². The van der Waals surface area contributed by atoms with Crippen molar-refractivity contribution in [1.82, 2.24) is 14.8 Å². The van der Waals surface area contributed by atoms with Crippen LogP contribution in [0, 0.1) is 0 Å². The average Bonchev–Trinajstić information content (AvgIpc) is 2.52. The molecule has 0 aliphatic carbocycles. The van der Waals surface area contributed by atoms with E-state index in [1.165, 1.54) is 0 Å². The normalized spacial score (nSPS) is 10.3. The van der Waals surface area contributed by atoms with Crippen molar-refractivity contribution in [1.29, 1.82) is 0 Å². The molecular formula is C8H5Br2N3. The van der Waals surface area contributed by atoms with Crippen LogP contribution in [0.1, 0.15) is 0 Å². The summed E-state index contributed by atoms with van der Waals surface area (Å²) in [5.41, 5.74) is 0. The first kappa shape index (κ1) is 8.90. The average molecular weight is 303 g/mol. The van der Waals surface area contributed by atoms with E-state index in [0.717, 1.165) is 14.8 Å². The van der Waals surface area contributed by atoms with Gasteiger partial charge in [0.05, 0.1) is 10.7 Å². The summed E-state index contributed by atoms with van der Waals surface area (Å²) in [6, 6.07) is 3.78. The molecule has 2 rings (SSSR count). The van der Waals surface area contributed by atoms with E-state index < -0.39 is 0 Å². The molecule has 0 atom stereocenters. The van der Waals surface area contributed by atoms with Crippen molar-refractivity contribution in [2.45, 2.75) is 0 Å². The molecule has 0 radical (unpaired) electrons. The standard InChI is InChI=1S/C8H5Br2N3/c9-6-1-2-11-8(3-6)13-5-7(10)4-12-13/h1-5H. The molecule has 0 unspecified atom stereocenters. The lowest BCUT2D eigenvalue weighted by Gasteiger charge is -1.98. The van der Waals surface area contributed by atoms with Crippen LogP contribution in [0.4, 0.5) is 0 Å². The fourth-order valence-electron chi connectivity index (χ4n) is 0.945. The zero-order valence-corrected chi connectivity index (χ0v) is 9.66. The van der Waals surface area contributed by atoms with Gasteiger partial charge in [0.1, 0.15) is 0 Å². The highest BCUT2D eigenvalue weighted by Crippen LogP contribution is 2.14. The van der Waals surface area contributed by atoms with E-state index in [1.807, 2.05) is 18.3 Å². The molecule has 0 N–H and O–H groups in total. The maximum atomic E-state index is 4.17. The van der Waals surface area contributed by atoms with Crippen LogP contribution in [0.15, 0.2) is 39.7 Å². The van der Waals surface area contributed by atoms with Gasteiger partial charge < -0.3 is 0 Å². The molecule has 2 heterocycles. The number of nitrogens with zero attached hydrogens (tertiary/aromatic N) is 3. The number of halogens is 2. The Morgan fingerprint density at radius 3 is 2.69 bits per heavy atom. The Bertz CT molecular complexity index is 425. The largest absolute Gasteiger partial charge is 0.237 e. The van der Waals surface area contributed by atoms with Gasteiger partial charge in [-0.05, 0) is 28.1 Å². The molecule has 13 heavy (non-hydrogen) atoms. The first-order valence-corrected chi connectivity index (χ1v) is 5.16. The van der Waals surface area contributed by atoms with Crippen molar-refractivity contribution >= 4 is 31.9 Å². The van der Waals surface area contributed by atoms with Gasteiger partial charge in [-0.3, -0.25) is 0 Å². The Morgan fingerprint density at radius 1 is 1.23 bits per heavy atom. The number of pyridine rings is 1. The number of aromatic nitrogens is 3. The zero-order chi connectivity index (χ0) is 9.26. The van der Waals surface area contributed by atoms with E-state index in [0.29, 0.717) is 0 Å². The van der Waals surface area contributed by atoms with Gasteiger partial charge in [0.2, 0.25) is 0 Å². The first-order valence-electron chi connectivity index (χ1n) is 3.58. The highest BCUT2D eigenvalue weighted by molar-refractivity contribution is 9.10. The summed E-state index contributed by atoms with van der Waals surface area (Å²) in [6.07, 6.45) is 5.31. The quantitative estimate of drug-likeness (QED) is 0.811. The van der Waals surface area contributed by atoms with E-state index in [-0.39, 0.29) is 0 Å². The van der Waals surface area contributed by atoms with Gasteiger partial charge in [-0.1, -0.05) is 15.9 Å². The molecule has 5 heteroatoms. The minimum atomic E-state index is 0.792. The van der Waals surface area contributed by atoms with Crippen molar-refractivity contribution < 1.29 is 0 Å². The third kappa shape index (κ3) is 1.97. The Morgan fingerprint density at radius 2 is 2.08 bits per heavy atom. The fraction of sp³-hybridized carbons (Fsp3) is 0. The van der Waals surface area contributed by atoms with Gasteiger partial charge in [0, 0.05) is 16.9 Å². The maximum absolute atomic E-state index is 4.17. The molecule has 0 aliphatic heterocycles. The lowest BCUT2D eigenvalue weighted by atomic mass is 10.5. The maximum Gasteiger partial charge on any atom is 0.154 e. The summed E-state index contributed by atoms with van der Waals surface area (Å²) in [5, 5.41) is 4.11. The lowest BCUT2D eigenvalue weighted by molar-refractivity contribution is 0.846. The summed E-state index contributed by atoms with van der Waals surface area (Å²) in [6.45, 7) is 0. The summed E-state index contributed by atoms with van der Waals surface area (Å²) in [4.78, 5) is 4.17. The van der Waals surface area contributed by atoms with E-state index >= 15 is 0 Å². The molecule has 0 bridgehead atoms. The fourth-order valence-corrected chi connectivity index (χ4v) is 1.55. The Hall–Kier alpha value is -0.680. The van der Waals surface area contributed by atoms with Crippen LogP contribution in [0.5, 0.6) is 0 Å². The number of rotatable bonds is 1. The SMILES string of the molecule is Brc1ccnc(-n2cc(Br)cn2)c1. The van der Waals surface area contributed by atoms with Crippen LogP contribution in [0.3, 0.4) is 0 Å². The molecule has 0 saturated carbocycles. The predicted molar refractivity (Wildman–Crippen MR) is 56.8 cm³/mol. The van der Waals surface area contributed by atoms with Crippen molar-refractivity contribution in [2.75, 3.05) is 0 Å². The summed E-state index contributed by atoms with van der Waals surface area (Å²) < 4.78 is 3.63. The number of hydrogen-bond acceptors (Lipinski definition) is 2. The molecule has 2 aromatic heterocycles. The van der Waals surface area contributed by atoms with Gasteiger partial charge >= 0.3 is 0 Å². The molecule has 0 amide bonds. The molecule has 66 valence electrons. The summed E-state index contributed by atoms with van der Waals surface area (Å²) in [5.74, 6) is 0.792. The van der Waals surface area contributed by atoms with Gasteiger partial charge in [0.15, 0.2) is 5.82 Å². The lowest BCUT2D eigenvalue weighted by Crippen LogP contribution is -1.96. The zero-order valence-electron chi connectivity index (χ0n) is 6.48. The number of hydrogen-bond donors (Lipinski definition) is 0. The topological polar surface area (TPSA) is 30.7 Å². The first-order chi connectivity index (χ1) is 6.25. The minimum absolute atomic E-state index is 0.792. The van der Waals surface area contributed by atoms with E-state index in [1.54, 1.807) is 17.1 Å². The van der Waals surface area contributed by atoms with Crippen LogP contribution >= 0.6 is 31.9 Å². The van der Waals surface area contributed by atoms with Crippen LogP contribution in [-0.2, 0) is 0 Å². The molecular weight excluding hydrogens is 298 g/mol. The van der Waals surface area contributed by atoms with E-state index in [4.69, 9.17) is 0 Å². The van der Waals surface area contributed by atoms with Crippen LogP contribution in [0.2, 0.25) is 0 Å². The second-order valence-corrected chi connectivity index (χ2v) is 4.27. The third-order valence-electron chi connectivity index (χ3n) is 1.49. The van der Waals surface area contributed by atoms with Crippen molar-refractivity contribution in [3.05, 3.63) is 39.7 Å². The van der Waals surface area contributed by atoms with Crippen LogP contribution in [0.25, 0.3) is 5.82 Å². The molecule has 0 saturated heterocycles. The van der Waals surface area contributed by atoms with Gasteiger partial charge in [-0.25, -0.2) is 9.67 Å². The Balaban J connectivity index is 2.46. The molecule has 0 aromatic carbocycles. The van der Waals surface area contributed by atoms with Gasteiger partial charge in [-0.2, -0.15) is 5.10 Å². The molecule has 0 aliphatic rings. The summed E-state index contributed by atoms with van der Waals surface area (Å²) in [7, 11) is 0. The van der Waals surface area contributed by atoms with E-state index in [2.05, 4.69) is 41.9 Å². The minimum Gasteiger partial charge on any atom is -0.237 e. The summed E-state index contributed by atoms with van der Waals surface area (Å²) >= 11 is 6.70. The van der Waals surface area contributed by atoms with Crippen molar-refractivity contribution in [3.63, 3.8) is 0 Å².